The Hall–Kier alpha value is -2.37. The molecule has 0 N–H and O–H groups in total. The molecule has 0 unspecified atom stereocenters. The van der Waals surface area contributed by atoms with E-state index >= 15 is 0 Å². The fourth-order valence-corrected chi connectivity index (χ4v) is 5.65. The van der Waals surface area contributed by atoms with Gasteiger partial charge in [-0.15, -0.1) is 0 Å². The summed E-state index contributed by atoms with van der Waals surface area (Å²) >= 11 is 0. The molecule has 2 rings (SSSR count). The highest BCUT2D eigenvalue weighted by Crippen LogP contribution is 2.46. The number of hydrogen-bond acceptors (Lipinski definition) is 6. The molecule has 0 bridgehead atoms. The zero-order chi connectivity index (χ0) is 32.4. The first kappa shape index (κ1) is 38.8. The molecule has 0 aliphatic heterocycles. The lowest BCUT2D eigenvalue weighted by molar-refractivity contribution is -0.144. The van der Waals surface area contributed by atoms with Crippen LogP contribution in [0.3, 0.4) is 0 Å². The minimum absolute atomic E-state index is 0.000671. The first-order valence-corrected chi connectivity index (χ1v) is 18.7. The van der Waals surface area contributed by atoms with E-state index < -0.39 is 0 Å². The van der Waals surface area contributed by atoms with Gasteiger partial charge >= 0.3 is 5.97 Å². The van der Waals surface area contributed by atoms with Gasteiger partial charge in [-0.25, -0.2) is 4.79 Å². The average Bonchev–Trinajstić information content (AvgIpc) is 3.05. The first-order chi connectivity index (χ1) is 22.1. The molecule has 6 heteroatoms. The molecule has 1 aliphatic rings. The van der Waals surface area contributed by atoms with Gasteiger partial charge < -0.3 is 23.7 Å². The minimum Gasteiger partial charge on any atom is -0.490 e. The van der Waals surface area contributed by atoms with Crippen LogP contribution in [0.4, 0.5) is 0 Å². The SMILES string of the molecule is CCCCCCOc1cc(OCCCCCC)c(OCCCCCC)c(C=CC(=O)OC2CCCCC2)c1OCCCCCC. The van der Waals surface area contributed by atoms with Crippen LogP contribution in [0.2, 0.25) is 0 Å². The Labute approximate surface area is 276 Å². The Morgan fingerprint density at radius 1 is 0.600 bits per heavy atom. The van der Waals surface area contributed by atoms with Gasteiger partial charge in [0.2, 0.25) is 0 Å². The van der Waals surface area contributed by atoms with Crippen molar-refractivity contribution in [2.75, 3.05) is 26.4 Å². The number of ether oxygens (including phenoxy) is 5. The van der Waals surface area contributed by atoms with Crippen LogP contribution >= 0.6 is 0 Å². The maximum absolute atomic E-state index is 13.0. The van der Waals surface area contributed by atoms with E-state index in [9.17, 15) is 4.79 Å². The molecule has 0 spiro atoms. The summed E-state index contributed by atoms with van der Waals surface area (Å²) in [6.07, 6.45) is 26.5. The van der Waals surface area contributed by atoms with E-state index in [-0.39, 0.29) is 12.1 Å². The van der Waals surface area contributed by atoms with E-state index in [1.165, 1.54) is 63.9 Å². The third-order valence-corrected chi connectivity index (χ3v) is 8.42. The van der Waals surface area contributed by atoms with Gasteiger partial charge in [0.15, 0.2) is 23.0 Å². The van der Waals surface area contributed by atoms with Gasteiger partial charge in [0.05, 0.1) is 32.0 Å². The number of carbonyl (C=O) groups is 1. The molecule has 0 atom stereocenters. The van der Waals surface area contributed by atoms with Crippen LogP contribution in [0.25, 0.3) is 6.08 Å². The van der Waals surface area contributed by atoms with Crippen molar-refractivity contribution < 1.29 is 28.5 Å². The molecule has 45 heavy (non-hydrogen) atoms. The van der Waals surface area contributed by atoms with E-state index in [0.717, 1.165) is 77.0 Å². The summed E-state index contributed by atoms with van der Waals surface area (Å²) in [6, 6.07) is 1.96. The predicted octanol–water partition coefficient (Wildman–Crippen LogP) is 11.4. The number of unbranched alkanes of at least 4 members (excludes halogenated alkanes) is 12. The topological polar surface area (TPSA) is 63.2 Å². The summed E-state index contributed by atoms with van der Waals surface area (Å²) in [4.78, 5) is 13.0. The second-order valence-corrected chi connectivity index (χ2v) is 12.6. The largest absolute Gasteiger partial charge is 0.490 e. The zero-order valence-corrected chi connectivity index (χ0v) is 29.4. The van der Waals surface area contributed by atoms with Crippen LogP contribution in [-0.2, 0) is 9.53 Å². The number of carbonyl (C=O) groups excluding carboxylic acids is 1. The van der Waals surface area contributed by atoms with E-state index in [0.29, 0.717) is 55.0 Å². The van der Waals surface area contributed by atoms with Crippen molar-refractivity contribution >= 4 is 12.0 Å². The van der Waals surface area contributed by atoms with Crippen molar-refractivity contribution in [3.8, 4) is 23.0 Å². The summed E-state index contributed by atoms with van der Waals surface area (Å²) in [5.74, 6) is 2.25. The molecule has 258 valence electrons. The van der Waals surface area contributed by atoms with Gasteiger partial charge in [-0.3, -0.25) is 0 Å². The lowest BCUT2D eigenvalue weighted by Gasteiger charge is -2.22. The first-order valence-electron chi connectivity index (χ1n) is 18.7. The Morgan fingerprint density at radius 3 is 1.44 bits per heavy atom. The lowest BCUT2D eigenvalue weighted by atomic mass is 9.98. The van der Waals surface area contributed by atoms with Crippen molar-refractivity contribution in [1.82, 2.24) is 0 Å². The number of esters is 1. The fourth-order valence-electron chi connectivity index (χ4n) is 5.65. The highest BCUT2D eigenvalue weighted by Gasteiger charge is 2.23. The number of rotatable bonds is 27. The Bertz CT molecular complexity index is 870. The maximum atomic E-state index is 13.0. The summed E-state index contributed by atoms with van der Waals surface area (Å²) in [5, 5.41) is 0. The molecule has 1 aromatic rings. The normalized spacial score (nSPS) is 13.7. The van der Waals surface area contributed by atoms with Gasteiger partial charge in [0, 0.05) is 12.1 Å². The Kier molecular flexibility index (Phi) is 22.2. The van der Waals surface area contributed by atoms with E-state index in [4.69, 9.17) is 23.7 Å². The molecular formula is C39H66O6. The van der Waals surface area contributed by atoms with Crippen LogP contribution in [0.5, 0.6) is 23.0 Å². The van der Waals surface area contributed by atoms with Gasteiger partial charge in [-0.2, -0.15) is 0 Å². The molecule has 1 fully saturated rings. The van der Waals surface area contributed by atoms with Gasteiger partial charge in [0.1, 0.15) is 6.10 Å². The van der Waals surface area contributed by atoms with Crippen LogP contribution in [-0.4, -0.2) is 38.5 Å². The smallest absolute Gasteiger partial charge is 0.331 e. The van der Waals surface area contributed by atoms with E-state index in [2.05, 4.69) is 27.7 Å². The zero-order valence-electron chi connectivity index (χ0n) is 29.4. The monoisotopic (exact) mass is 630 g/mol. The quantitative estimate of drug-likeness (QED) is 0.0547. The molecule has 0 heterocycles. The third kappa shape index (κ3) is 16.7. The Morgan fingerprint density at radius 2 is 1.02 bits per heavy atom. The van der Waals surface area contributed by atoms with Crippen LogP contribution in [0.15, 0.2) is 12.1 Å². The summed E-state index contributed by atoms with van der Waals surface area (Å²) in [7, 11) is 0. The Balaban J connectivity index is 2.46. The van der Waals surface area contributed by atoms with Crippen molar-refractivity contribution in [3.63, 3.8) is 0 Å². The molecule has 6 nitrogen and oxygen atoms in total. The minimum atomic E-state index is -0.322. The molecule has 1 aliphatic carbocycles. The summed E-state index contributed by atoms with van der Waals surface area (Å²) in [5.41, 5.74) is 0.705. The molecular weight excluding hydrogens is 564 g/mol. The van der Waals surface area contributed by atoms with E-state index in [1.54, 1.807) is 0 Å². The number of hydrogen-bond donors (Lipinski definition) is 0. The second-order valence-electron chi connectivity index (χ2n) is 12.6. The van der Waals surface area contributed by atoms with Crippen LogP contribution < -0.4 is 18.9 Å². The van der Waals surface area contributed by atoms with Gasteiger partial charge in [-0.05, 0) is 57.4 Å². The average molecular weight is 631 g/mol. The maximum Gasteiger partial charge on any atom is 0.331 e. The standard InChI is InChI=1S/C39H66O6/c1-5-9-13-20-28-41-35-32-36(42-29-21-14-10-6-2)39(44-31-23-16-12-8-4)34(38(35)43-30-22-15-11-7-3)26-27-37(40)45-33-24-18-17-19-25-33/h26-27,32-33H,5-25,28-31H2,1-4H3. The third-order valence-electron chi connectivity index (χ3n) is 8.42. The predicted molar refractivity (Wildman–Crippen MR) is 187 cm³/mol. The molecule has 1 aromatic carbocycles. The molecule has 1 saturated carbocycles. The molecule has 0 saturated heterocycles. The van der Waals surface area contributed by atoms with Crippen molar-refractivity contribution in [2.24, 2.45) is 0 Å². The van der Waals surface area contributed by atoms with Crippen molar-refractivity contribution in [1.29, 1.82) is 0 Å². The van der Waals surface area contributed by atoms with Gasteiger partial charge in [0.25, 0.3) is 0 Å². The van der Waals surface area contributed by atoms with Crippen molar-refractivity contribution in [2.45, 2.75) is 169 Å². The van der Waals surface area contributed by atoms with Crippen LogP contribution in [0, 0.1) is 0 Å². The molecule has 0 radical (unpaired) electrons. The molecule has 0 amide bonds. The lowest BCUT2D eigenvalue weighted by Crippen LogP contribution is -2.19. The highest BCUT2D eigenvalue weighted by molar-refractivity contribution is 5.89. The fraction of sp³-hybridized carbons (Fsp3) is 0.769. The van der Waals surface area contributed by atoms with Gasteiger partial charge in [-0.1, -0.05) is 111 Å². The second kappa shape index (κ2) is 25.8. The summed E-state index contributed by atoms with van der Waals surface area (Å²) < 4.78 is 31.7. The van der Waals surface area contributed by atoms with E-state index in [1.807, 2.05) is 12.1 Å². The highest BCUT2D eigenvalue weighted by atomic mass is 16.5. The summed E-state index contributed by atoms with van der Waals surface area (Å²) in [6.45, 7) is 11.2. The molecule has 0 aromatic heterocycles. The number of benzene rings is 1. The van der Waals surface area contributed by atoms with Crippen LogP contribution in [0.1, 0.15) is 168 Å². The van der Waals surface area contributed by atoms with Crippen molar-refractivity contribution in [3.05, 3.63) is 17.7 Å².